The summed E-state index contributed by atoms with van der Waals surface area (Å²) < 4.78 is 0. The zero-order valence-corrected chi connectivity index (χ0v) is 7.63. The minimum Gasteiger partial charge on any atom is -0.347 e. The molecule has 70 valence electrons. The molecule has 1 saturated carbocycles. The van der Waals surface area contributed by atoms with Gasteiger partial charge in [0.2, 0.25) is 0 Å². The summed E-state index contributed by atoms with van der Waals surface area (Å²) in [7, 11) is 0. The summed E-state index contributed by atoms with van der Waals surface area (Å²) in [5.41, 5.74) is 0.627. The molecule has 2 rings (SSSR count). The molecule has 2 N–H and O–H groups in total. The normalized spacial score (nSPS) is 19.2. The van der Waals surface area contributed by atoms with Crippen molar-refractivity contribution < 1.29 is 4.79 Å². The lowest BCUT2D eigenvalue weighted by Crippen LogP contribution is -2.50. The van der Waals surface area contributed by atoms with Gasteiger partial charge in [0.1, 0.15) is 0 Å². The predicted octanol–water partition coefficient (Wildman–Crippen LogP) is 1.08. The number of hydrogen-bond donors (Lipinski definition) is 2. The topological polar surface area (TPSA) is 57.8 Å². The largest absolute Gasteiger partial charge is 0.347 e. The van der Waals surface area contributed by atoms with E-state index in [9.17, 15) is 4.79 Å². The summed E-state index contributed by atoms with van der Waals surface area (Å²) in [6.45, 7) is 2.08. The van der Waals surface area contributed by atoms with E-state index in [1.165, 1.54) is 12.6 Å². The molecule has 4 heteroatoms. The molecule has 0 atom stereocenters. The number of hydrogen-bond acceptors (Lipinski definition) is 2. The van der Waals surface area contributed by atoms with Crippen molar-refractivity contribution in [2.45, 2.75) is 31.7 Å². The Hall–Kier alpha value is -1.32. The van der Waals surface area contributed by atoms with Crippen molar-refractivity contribution in [2.24, 2.45) is 0 Å². The van der Waals surface area contributed by atoms with Crippen LogP contribution in [0.5, 0.6) is 0 Å². The first-order valence-corrected chi connectivity index (χ1v) is 4.51. The summed E-state index contributed by atoms with van der Waals surface area (Å²) in [5, 5.41) is 9.35. The van der Waals surface area contributed by atoms with Crippen LogP contribution < -0.4 is 5.32 Å². The van der Waals surface area contributed by atoms with Gasteiger partial charge in [0.15, 0.2) is 0 Å². The standard InChI is InChI=1S/C9H13N3O/c1-9(3-2-4-9)12-8(13)7-5-10-11-6-7/h5-6H,2-4H2,1H3,(H,10,11)(H,12,13). The average molecular weight is 179 g/mol. The number of nitrogens with one attached hydrogen (secondary N) is 2. The Morgan fingerprint density at radius 3 is 2.92 bits per heavy atom. The molecule has 1 fully saturated rings. The van der Waals surface area contributed by atoms with E-state index in [0.29, 0.717) is 5.56 Å². The summed E-state index contributed by atoms with van der Waals surface area (Å²) in [5.74, 6) is -0.0315. The van der Waals surface area contributed by atoms with Crippen molar-refractivity contribution in [3.8, 4) is 0 Å². The van der Waals surface area contributed by atoms with Crippen LogP contribution in [0.4, 0.5) is 0 Å². The van der Waals surface area contributed by atoms with Gasteiger partial charge < -0.3 is 5.32 Å². The molecule has 1 heterocycles. The molecule has 0 saturated heterocycles. The van der Waals surface area contributed by atoms with E-state index in [2.05, 4.69) is 22.4 Å². The molecule has 0 bridgehead atoms. The Morgan fingerprint density at radius 1 is 1.69 bits per heavy atom. The SMILES string of the molecule is CC1(NC(=O)c2cn[nH]c2)CCC1. The Labute approximate surface area is 76.7 Å². The number of rotatable bonds is 2. The fourth-order valence-corrected chi connectivity index (χ4v) is 1.55. The lowest BCUT2D eigenvalue weighted by molar-refractivity contribution is 0.0850. The third kappa shape index (κ3) is 1.56. The molecule has 1 aromatic heterocycles. The van der Waals surface area contributed by atoms with Crippen LogP contribution in [0.2, 0.25) is 0 Å². The van der Waals surface area contributed by atoms with Crippen molar-refractivity contribution in [1.29, 1.82) is 0 Å². The van der Waals surface area contributed by atoms with Crippen LogP contribution in [0.25, 0.3) is 0 Å². The Bertz CT molecular complexity index is 301. The van der Waals surface area contributed by atoms with Gasteiger partial charge in [-0.2, -0.15) is 5.10 Å². The van der Waals surface area contributed by atoms with Crippen LogP contribution in [-0.2, 0) is 0 Å². The van der Waals surface area contributed by atoms with E-state index < -0.39 is 0 Å². The van der Waals surface area contributed by atoms with Crippen molar-refractivity contribution in [3.05, 3.63) is 18.0 Å². The Balaban J connectivity index is 1.99. The molecule has 0 radical (unpaired) electrons. The number of carbonyl (C=O) groups is 1. The van der Waals surface area contributed by atoms with E-state index >= 15 is 0 Å². The van der Waals surface area contributed by atoms with E-state index in [-0.39, 0.29) is 11.4 Å². The second-order valence-electron chi connectivity index (χ2n) is 3.86. The molecule has 0 aromatic carbocycles. The van der Waals surface area contributed by atoms with Crippen molar-refractivity contribution >= 4 is 5.91 Å². The average Bonchev–Trinajstić information content (AvgIpc) is 2.53. The van der Waals surface area contributed by atoms with Crippen molar-refractivity contribution in [2.75, 3.05) is 0 Å². The van der Waals surface area contributed by atoms with E-state index in [0.717, 1.165) is 12.8 Å². The summed E-state index contributed by atoms with van der Waals surface area (Å²) >= 11 is 0. The van der Waals surface area contributed by atoms with Gasteiger partial charge in [-0.05, 0) is 26.2 Å². The quantitative estimate of drug-likeness (QED) is 0.713. The third-order valence-corrected chi connectivity index (χ3v) is 2.63. The van der Waals surface area contributed by atoms with Gasteiger partial charge in [0, 0.05) is 11.7 Å². The monoisotopic (exact) mass is 179 g/mol. The number of amides is 1. The second-order valence-corrected chi connectivity index (χ2v) is 3.86. The molecule has 0 unspecified atom stereocenters. The number of aromatic amines is 1. The maximum atomic E-state index is 11.5. The molecule has 1 aliphatic rings. The fourth-order valence-electron chi connectivity index (χ4n) is 1.55. The minimum atomic E-state index is -0.0315. The second kappa shape index (κ2) is 2.87. The van der Waals surface area contributed by atoms with Gasteiger partial charge >= 0.3 is 0 Å². The van der Waals surface area contributed by atoms with Crippen LogP contribution in [0.15, 0.2) is 12.4 Å². The van der Waals surface area contributed by atoms with Crippen molar-refractivity contribution in [1.82, 2.24) is 15.5 Å². The summed E-state index contributed by atoms with van der Waals surface area (Å²) in [6.07, 6.45) is 6.52. The van der Waals surface area contributed by atoms with Gasteiger partial charge in [-0.25, -0.2) is 0 Å². The molecule has 1 aromatic rings. The maximum Gasteiger partial charge on any atom is 0.254 e. The zero-order chi connectivity index (χ0) is 9.31. The highest BCUT2D eigenvalue weighted by molar-refractivity contribution is 5.94. The first kappa shape index (κ1) is 8.29. The maximum absolute atomic E-state index is 11.5. The minimum absolute atomic E-state index is 0.0222. The molecule has 0 aliphatic heterocycles. The van der Waals surface area contributed by atoms with E-state index in [4.69, 9.17) is 0 Å². The van der Waals surface area contributed by atoms with Gasteiger partial charge in [-0.15, -0.1) is 0 Å². The molecule has 13 heavy (non-hydrogen) atoms. The van der Waals surface area contributed by atoms with Crippen molar-refractivity contribution in [3.63, 3.8) is 0 Å². The van der Waals surface area contributed by atoms with Gasteiger partial charge in [-0.3, -0.25) is 9.89 Å². The van der Waals surface area contributed by atoms with E-state index in [1.807, 2.05) is 0 Å². The molecule has 4 nitrogen and oxygen atoms in total. The number of nitrogens with zero attached hydrogens (tertiary/aromatic N) is 1. The molecule has 1 amide bonds. The van der Waals surface area contributed by atoms with E-state index in [1.54, 1.807) is 6.20 Å². The first-order valence-electron chi connectivity index (χ1n) is 4.51. The highest BCUT2D eigenvalue weighted by atomic mass is 16.1. The summed E-state index contributed by atoms with van der Waals surface area (Å²) in [6, 6.07) is 0. The Morgan fingerprint density at radius 2 is 2.46 bits per heavy atom. The first-order chi connectivity index (χ1) is 6.20. The van der Waals surface area contributed by atoms with Crippen LogP contribution in [0.3, 0.4) is 0 Å². The predicted molar refractivity (Wildman–Crippen MR) is 48.3 cm³/mol. The fraction of sp³-hybridized carbons (Fsp3) is 0.556. The number of H-pyrrole nitrogens is 1. The van der Waals surface area contributed by atoms with Crippen LogP contribution in [-0.4, -0.2) is 21.6 Å². The number of aromatic nitrogens is 2. The van der Waals surface area contributed by atoms with Gasteiger partial charge in [-0.1, -0.05) is 0 Å². The third-order valence-electron chi connectivity index (χ3n) is 2.63. The highest BCUT2D eigenvalue weighted by Crippen LogP contribution is 2.31. The Kier molecular flexibility index (Phi) is 1.83. The lowest BCUT2D eigenvalue weighted by atomic mass is 9.78. The number of carbonyl (C=O) groups excluding carboxylic acids is 1. The zero-order valence-electron chi connectivity index (χ0n) is 7.63. The molecular weight excluding hydrogens is 166 g/mol. The van der Waals surface area contributed by atoms with Crippen LogP contribution >= 0.6 is 0 Å². The van der Waals surface area contributed by atoms with Gasteiger partial charge in [0.25, 0.3) is 5.91 Å². The van der Waals surface area contributed by atoms with Crippen LogP contribution in [0.1, 0.15) is 36.5 Å². The summed E-state index contributed by atoms with van der Waals surface area (Å²) in [4.78, 5) is 11.5. The highest BCUT2D eigenvalue weighted by Gasteiger charge is 2.33. The molecular formula is C9H13N3O. The lowest BCUT2D eigenvalue weighted by Gasteiger charge is -2.38. The molecule has 0 spiro atoms. The molecule has 1 aliphatic carbocycles. The van der Waals surface area contributed by atoms with Gasteiger partial charge in [0.05, 0.1) is 11.8 Å². The smallest absolute Gasteiger partial charge is 0.254 e. The van der Waals surface area contributed by atoms with Crippen LogP contribution in [0, 0.1) is 0 Å².